The number of phenolic OH excluding ortho intramolecular Hbond substituents is 2. The summed E-state index contributed by atoms with van der Waals surface area (Å²) in [6.07, 6.45) is 5.25. The summed E-state index contributed by atoms with van der Waals surface area (Å²) >= 11 is 0. The number of aldehydes is 2. The molecule has 2 aromatic rings. The average Bonchev–Trinajstić information content (AvgIpc) is 2.67. The Morgan fingerprint density at radius 2 is 1.59 bits per heavy atom. The van der Waals surface area contributed by atoms with Gasteiger partial charge in [0.2, 0.25) is 0 Å². The molecule has 136 valence electrons. The number of ether oxygens (including phenoxy) is 1. The number of hydrogen-bond donors (Lipinski definition) is 2. The lowest BCUT2D eigenvalue weighted by Gasteiger charge is -2.23. The van der Waals surface area contributed by atoms with Crippen molar-refractivity contribution in [3.05, 3.63) is 76.6 Å². The van der Waals surface area contributed by atoms with Gasteiger partial charge in [-0.15, -0.1) is 0 Å². The van der Waals surface area contributed by atoms with E-state index in [4.69, 9.17) is 4.74 Å². The molecule has 0 bridgehead atoms. The molecule has 0 spiro atoms. The van der Waals surface area contributed by atoms with Crippen LogP contribution in [0.4, 0.5) is 0 Å². The maximum Gasteiger partial charge on any atom is 0.163 e. The van der Waals surface area contributed by atoms with Crippen LogP contribution in [0.15, 0.2) is 54.3 Å². The number of benzene rings is 2. The van der Waals surface area contributed by atoms with Gasteiger partial charge in [-0.25, -0.2) is 0 Å². The highest BCUT2D eigenvalue weighted by atomic mass is 16.5. The predicted molar refractivity (Wildman–Crippen MR) is 97.6 cm³/mol. The van der Waals surface area contributed by atoms with Gasteiger partial charge in [0.15, 0.2) is 18.4 Å². The van der Waals surface area contributed by atoms with Crippen LogP contribution in [0.3, 0.4) is 0 Å². The quantitative estimate of drug-likeness (QED) is 0.789. The predicted octanol–water partition coefficient (Wildman–Crippen LogP) is 3.35. The summed E-state index contributed by atoms with van der Waals surface area (Å²) in [5.74, 6) is -0.0442. The van der Waals surface area contributed by atoms with Gasteiger partial charge in [0, 0.05) is 6.08 Å². The smallest absolute Gasteiger partial charge is 0.163 e. The van der Waals surface area contributed by atoms with Crippen LogP contribution in [0.25, 0.3) is 6.08 Å². The molecular weight excluding hydrogens is 348 g/mol. The van der Waals surface area contributed by atoms with E-state index in [1.54, 1.807) is 24.3 Å². The summed E-state index contributed by atoms with van der Waals surface area (Å²) in [6, 6.07) is 9.02. The molecule has 0 saturated carbocycles. The first-order valence-electron chi connectivity index (χ1n) is 8.15. The lowest BCUT2D eigenvalue weighted by molar-refractivity contribution is -0.118. The van der Waals surface area contributed by atoms with Gasteiger partial charge >= 0.3 is 0 Å². The second kappa shape index (κ2) is 7.70. The second-order valence-electron chi connectivity index (χ2n) is 6.03. The fourth-order valence-corrected chi connectivity index (χ4v) is 2.73. The zero-order chi connectivity index (χ0) is 19.4. The molecule has 0 saturated heterocycles. The summed E-state index contributed by atoms with van der Waals surface area (Å²) in [6.45, 7) is 0. The average molecular weight is 364 g/mol. The minimum atomic E-state index is -0.577. The summed E-state index contributed by atoms with van der Waals surface area (Å²) in [5.41, 5.74) is 1.55. The van der Waals surface area contributed by atoms with E-state index in [0.29, 0.717) is 29.5 Å². The number of aromatic hydroxyl groups is 2. The van der Waals surface area contributed by atoms with Gasteiger partial charge in [-0.05, 0) is 41.5 Å². The van der Waals surface area contributed by atoms with Crippen LogP contribution in [0.2, 0.25) is 0 Å². The van der Waals surface area contributed by atoms with Crippen LogP contribution in [-0.4, -0.2) is 28.6 Å². The van der Waals surface area contributed by atoms with E-state index in [2.05, 4.69) is 0 Å². The van der Waals surface area contributed by atoms with Gasteiger partial charge in [-0.3, -0.25) is 14.4 Å². The monoisotopic (exact) mass is 364 g/mol. The Morgan fingerprint density at radius 1 is 0.926 bits per heavy atom. The molecule has 27 heavy (non-hydrogen) atoms. The number of carbonyl (C=O) groups is 3. The molecule has 2 aromatic carbocycles. The number of allylic oxidation sites excluding steroid dienone is 2. The van der Waals surface area contributed by atoms with E-state index >= 15 is 0 Å². The Kier molecular flexibility index (Phi) is 5.17. The van der Waals surface area contributed by atoms with Crippen molar-refractivity contribution in [2.24, 2.45) is 0 Å². The molecule has 0 fully saturated rings. The van der Waals surface area contributed by atoms with Gasteiger partial charge in [0.1, 0.15) is 23.4 Å². The van der Waals surface area contributed by atoms with Crippen LogP contribution in [0.5, 0.6) is 11.5 Å². The zero-order valence-corrected chi connectivity index (χ0v) is 14.2. The number of carbonyl (C=O) groups excluding carboxylic acids is 3. The normalized spacial score (nSPS) is 16.7. The Labute approximate surface area is 155 Å². The van der Waals surface area contributed by atoms with Gasteiger partial charge in [-0.1, -0.05) is 18.2 Å². The lowest BCUT2D eigenvalue weighted by atomic mass is 9.99. The van der Waals surface area contributed by atoms with E-state index in [1.807, 2.05) is 0 Å². The minimum Gasteiger partial charge on any atom is -0.507 e. The minimum absolute atomic E-state index is 0.108. The van der Waals surface area contributed by atoms with Crippen molar-refractivity contribution in [2.45, 2.75) is 12.5 Å². The fraction of sp³-hybridized carbons (Fsp3) is 0.0952. The van der Waals surface area contributed by atoms with Crippen LogP contribution in [0, 0.1) is 0 Å². The van der Waals surface area contributed by atoms with Gasteiger partial charge in [-0.2, -0.15) is 0 Å². The van der Waals surface area contributed by atoms with E-state index in [0.717, 1.165) is 0 Å². The van der Waals surface area contributed by atoms with E-state index in [-0.39, 0.29) is 34.8 Å². The van der Waals surface area contributed by atoms with Crippen molar-refractivity contribution in [3.8, 4) is 11.5 Å². The molecular formula is C21H16O6. The van der Waals surface area contributed by atoms with Crippen LogP contribution in [0.1, 0.15) is 44.4 Å². The van der Waals surface area contributed by atoms with E-state index in [1.165, 1.54) is 30.3 Å². The molecule has 1 atom stereocenters. The van der Waals surface area contributed by atoms with Crippen LogP contribution >= 0.6 is 0 Å². The first kappa shape index (κ1) is 18.1. The number of rotatable bonds is 5. The summed E-state index contributed by atoms with van der Waals surface area (Å²) in [5, 5.41) is 19.1. The topological polar surface area (TPSA) is 101 Å². The SMILES string of the molecule is O=Cc1cc(C=CC2=CC(=O)CC(c3ccc(O)c(C=O)c3)O2)ccc1O. The molecule has 6 heteroatoms. The Hall–Kier alpha value is -3.67. The first-order chi connectivity index (χ1) is 13.0. The molecule has 1 heterocycles. The van der Waals surface area contributed by atoms with Crippen molar-refractivity contribution >= 4 is 24.4 Å². The van der Waals surface area contributed by atoms with Crippen molar-refractivity contribution in [1.29, 1.82) is 0 Å². The van der Waals surface area contributed by atoms with Gasteiger partial charge < -0.3 is 14.9 Å². The molecule has 2 N–H and O–H groups in total. The van der Waals surface area contributed by atoms with Crippen LogP contribution in [-0.2, 0) is 9.53 Å². The molecule has 0 amide bonds. The highest BCUT2D eigenvalue weighted by molar-refractivity contribution is 5.92. The van der Waals surface area contributed by atoms with Crippen molar-refractivity contribution in [2.75, 3.05) is 0 Å². The fourth-order valence-electron chi connectivity index (χ4n) is 2.73. The maximum atomic E-state index is 12.0. The third kappa shape index (κ3) is 4.12. The van der Waals surface area contributed by atoms with Crippen molar-refractivity contribution in [1.82, 2.24) is 0 Å². The number of hydrogen-bond acceptors (Lipinski definition) is 6. The van der Waals surface area contributed by atoms with Gasteiger partial charge in [0.25, 0.3) is 0 Å². The Bertz CT molecular complexity index is 971. The highest BCUT2D eigenvalue weighted by Gasteiger charge is 2.23. The molecule has 1 aliphatic rings. The lowest BCUT2D eigenvalue weighted by Crippen LogP contribution is -2.15. The van der Waals surface area contributed by atoms with E-state index in [9.17, 15) is 24.6 Å². The van der Waals surface area contributed by atoms with Crippen LogP contribution < -0.4 is 0 Å². The van der Waals surface area contributed by atoms with Gasteiger partial charge in [0.05, 0.1) is 17.5 Å². The molecule has 3 rings (SSSR count). The molecule has 1 aliphatic heterocycles. The summed E-state index contributed by atoms with van der Waals surface area (Å²) in [4.78, 5) is 33.9. The molecule has 0 aromatic heterocycles. The number of phenols is 2. The summed E-state index contributed by atoms with van der Waals surface area (Å²) in [7, 11) is 0. The zero-order valence-electron chi connectivity index (χ0n) is 14.2. The largest absolute Gasteiger partial charge is 0.507 e. The number of ketones is 1. The third-order valence-electron chi connectivity index (χ3n) is 4.14. The second-order valence-corrected chi connectivity index (χ2v) is 6.03. The Morgan fingerprint density at radius 3 is 2.30 bits per heavy atom. The summed E-state index contributed by atoms with van der Waals surface area (Å²) < 4.78 is 5.82. The van der Waals surface area contributed by atoms with E-state index < -0.39 is 6.10 Å². The van der Waals surface area contributed by atoms with Crippen molar-refractivity contribution in [3.63, 3.8) is 0 Å². The molecule has 0 radical (unpaired) electrons. The maximum absolute atomic E-state index is 12.0. The first-order valence-corrected chi connectivity index (χ1v) is 8.15. The Balaban J connectivity index is 1.82. The molecule has 0 aliphatic carbocycles. The molecule has 6 nitrogen and oxygen atoms in total. The highest BCUT2D eigenvalue weighted by Crippen LogP contribution is 2.31. The molecule has 1 unspecified atom stereocenters. The van der Waals surface area contributed by atoms with Crippen molar-refractivity contribution < 1.29 is 29.3 Å². The standard InChI is InChI=1S/C21H16O6/c22-11-15-7-13(2-5-19(15)25)1-4-18-9-17(24)10-21(27-18)14-3-6-20(26)16(8-14)12-23/h1-9,11-12,21,25-26H,10H2. The third-order valence-corrected chi connectivity index (χ3v) is 4.14.